The molecule has 0 radical (unpaired) electrons. The first-order valence-corrected chi connectivity index (χ1v) is 8.31. The summed E-state index contributed by atoms with van der Waals surface area (Å²) in [4.78, 5) is 16.6. The fourth-order valence-electron chi connectivity index (χ4n) is 2.03. The summed E-state index contributed by atoms with van der Waals surface area (Å²) in [5, 5.41) is 10.1. The summed E-state index contributed by atoms with van der Waals surface area (Å²) in [6.07, 6.45) is 1.22. The number of carbonyl (C=O) groups excluding carboxylic acids is 1. The first-order valence-electron chi connectivity index (χ1n) is 6.68. The van der Waals surface area contributed by atoms with E-state index in [1.807, 2.05) is 12.3 Å². The highest BCUT2D eigenvalue weighted by Gasteiger charge is 2.15. The number of carbonyl (C=O) groups is 1. The zero-order valence-corrected chi connectivity index (χ0v) is 14.0. The van der Waals surface area contributed by atoms with Crippen molar-refractivity contribution in [3.05, 3.63) is 33.6 Å². The van der Waals surface area contributed by atoms with Crippen LogP contribution in [0.4, 0.5) is 5.95 Å². The number of anilines is 1. The van der Waals surface area contributed by atoms with E-state index in [1.54, 1.807) is 22.7 Å². The van der Waals surface area contributed by atoms with E-state index in [2.05, 4.69) is 15.4 Å². The van der Waals surface area contributed by atoms with Crippen molar-refractivity contribution in [3.8, 4) is 11.3 Å². The number of thiazole rings is 1. The summed E-state index contributed by atoms with van der Waals surface area (Å²) in [6, 6.07) is 5.25. The maximum Gasteiger partial charge on any atom is 0.250 e. The van der Waals surface area contributed by atoms with Gasteiger partial charge in [-0.3, -0.25) is 10.1 Å². The van der Waals surface area contributed by atoms with Crippen LogP contribution in [0.5, 0.6) is 0 Å². The quantitative estimate of drug-likeness (QED) is 0.749. The lowest BCUT2D eigenvalue weighted by Crippen LogP contribution is -2.11. The highest BCUT2D eigenvalue weighted by atomic mass is 35.5. The van der Waals surface area contributed by atoms with Gasteiger partial charge in [0.1, 0.15) is 0 Å². The Morgan fingerprint density at radius 3 is 3.00 bits per heavy atom. The predicted octanol–water partition coefficient (Wildman–Crippen LogP) is 4.50. The second-order valence-corrected chi connectivity index (χ2v) is 6.35. The zero-order valence-electron chi connectivity index (χ0n) is 11.6. The lowest BCUT2D eigenvalue weighted by atomic mass is 10.2. The fraction of sp³-hybridized carbons (Fsp3) is 0.214. The summed E-state index contributed by atoms with van der Waals surface area (Å²) in [5.41, 5.74) is 1.56. The maximum atomic E-state index is 11.6. The molecule has 5 nitrogen and oxygen atoms in total. The summed E-state index contributed by atoms with van der Waals surface area (Å²) in [6.45, 7) is 1.94. The molecule has 1 N–H and O–H groups in total. The third-order valence-electron chi connectivity index (χ3n) is 3.01. The van der Waals surface area contributed by atoms with Gasteiger partial charge in [-0.1, -0.05) is 30.1 Å². The minimum atomic E-state index is -0.0944. The average Bonchev–Trinajstić information content (AvgIpc) is 3.01. The Labute approximate surface area is 140 Å². The van der Waals surface area contributed by atoms with E-state index in [4.69, 9.17) is 23.2 Å². The SMILES string of the molecule is CCCC(=O)Nc1nc2scc(-c3cc(Cl)ccc3Cl)n2n1. The first-order chi connectivity index (χ1) is 10.6. The van der Waals surface area contributed by atoms with Gasteiger partial charge in [0, 0.05) is 22.4 Å². The molecule has 0 aliphatic carbocycles. The van der Waals surface area contributed by atoms with Crippen LogP contribution in [0.2, 0.25) is 10.0 Å². The van der Waals surface area contributed by atoms with Crippen LogP contribution in [-0.2, 0) is 4.79 Å². The number of nitrogens with zero attached hydrogens (tertiary/aromatic N) is 3. The van der Waals surface area contributed by atoms with Gasteiger partial charge in [-0.15, -0.1) is 16.4 Å². The van der Waals surface area contributed by atoms with Crippen LogP contribution in [0.25, 0.3) is 16.2 Å². The van der Waals surface area contributed by atoms with E-state index in [-0.39, 0.29) is 5.91 Å². The third-order valence-corrected chi connectivity index (χ3v) is 4.40. The van der Waals surface area contributed by atoms with Gasteiger partial charge in [0.05, 0.1) is 10.7 Å². The van der Waals surface area contributed by atoms with Gasteiger partial charge in [0.2, 0.25) is 16.8 Å². The summed E-state index contributed by atoms with van der Waals surface area (Å²) < 4.78 is 1.66. The monoisotopic (exact) mass is 354 g/mol. The van der Waals surface area contributed by atoms with Crippen molar-refractivity contribution < 1.29 is 4.79 Å². The molecule has 0 aliphatic heterocycles. The van der Waals surface area contributed by atoms with Crippen LogP contribution < -0.4 is 5.32 Å². The van der Waals surface area contributed by atoms with Gasteiger partial charge in [0.25, 0.3) is 0 Å². The molecule has 8 heteroatoms. The lowest BCUT2D eigenvalue weighted by Gasteiger charge is -2.03. The number of nitrogens with one attached hydrogen (secondary N) is 1. The molecular formula is C14H12Cl2N4OS. The van der Waals surface area contributed by atoms with E-state index in [0.717, 1.165) is 17.7 Å². The predicted molar refractivity (Wildman–Crippen MR) is 89.9 cm³/mol. The van der Waals surface area contributed by atoms with Crippen molar-refractivity contribution in [2.24, 2.45) is 0 Å². The minimum absolute atomic E-state index is 0.0944. The van der Waals surface area contributed by atoms with Crippen LogP contribution in [-0.4, -0.2) is 20.5 Å². The average molecular weight is 355 g/mol. The molecule has 0 aliphatic rings. The number of benzene rings is 1. The van der Waals surface area contributed by atoms with Crippen molar-refractivity contribution in [2.45, 2.75) is 19.8 Å². The molecule has 0 atom stereocenters. The van der Waals surface area contributed by atoms with E-state index >= 15 is 0 Å². The number of fused-ring (bicyclic) bond motifs is 1. The molecular weight excluding hydrogens is 343 g/mol. The van der Waals surface area contributed by atoms with E-state index in [0.29, 0.717) is 27.4 Å². The Bertz CT molecular complexity index is 843. The second kappa shape index (κ2) is 6.24. The van der Waals surface area contributed by atoms with Crippen LogP contribution in [0.3, 0.4) is 0 Å². The second-order valence-electron chi connectivity index (χ2n) is 4.67. The zero-order chi connectivity index (χ0) is 15.7. The molecule has 2 heterocycles. The van der Waals surface area contributed by atoms with Crippen LogP contribution in [0.1, 0.15) is 19.8 Å². The molecule has 3 rings (SSSR count). The smallest absolute Gasteiger partial charge is 0.250 e. The highest BCUT2D eigenvalue weighted by molar-refractivity contribution is 7.15. The fourth-order valence-corrected chi connectivity index (χ4v) is 3.24. The number of halogens is 2. The number of aromatic nitrogens is 3. The van der Waals surface area contributed by atoms with Gasteiger partial charge >= 0.3 is 0 Å². The summed E-state index contributed by atoms with van der Waals surface area (Å²) >= 11 is 13.7. The summed E-state index contributed by atoms with van der Waals surface area (Å²) in [5.74, 6) is 0.202. The molecule has 0 saturated carbocycles. The first kappa shape index (κ1) is 15.3. The Kier molecular flexibility index (Phi) is 4.33. The molecule has 22 heavy (non-hydrogen) atoms. The third kappa shape index (κ3) is 2.95. The Morgan fingerprint density at radius 2 is 2.23 bits per heavy atom. The largest absolute Gasteiger partial charge is 0.293 e. The minimum Gasteiger partial charge on any atom is -0.293 e. The molecule has 114 valence electrons. The summed E-state index contributed by atoms with van der Waals surface area (Å²) in [7, 11) is 0. The lowest BCUT2D eigenvalue weighted by molar-refractivity contribution is -0.116. The van der Waals surface area contributed by atoms with Crippen molar-refractivity contribution >= 4 is 51.4 Å². The molecule has 0 bridgehead atoms. The molecule has 1 amide bonds. The van der Waals surface area contributed by atoms with Gasteiger partial charge < -0.3 is 0 Å². The van der Waals surface area contributed by atoms with Crippen LogP contribution in [0.15, 0.2) is 23.6 Å². The highest BCUT2D eigenvalue weighted by Crippen LogP contribution is 2.33. The number of rotatable bonds is 4. The maximum absolute atomic E-state index is 11.6. The van der Waals surface area contributed by atoms with Crippen LogP contribution >= 0.6 is 34.5 Å². The van der Waals surface area contributed by atoms with Gasteiger partial charge in [-0.2, -0.15) is 4.98 Å². The Hall–Kier alpha value is -1.63. The molecule has 0 saturated heterocycles. The van der Waals surface area contributed by atoms with E-state index in [9.17, 15) is 4.79 Å². The van der Waals surface area contributed by atoms with Crippen molar-refractivity contribution in [1.82, 2.24) is 14.6 Å². The molecule has 0 unspecified atom stereocenters. The van der Waals surface area contributed by atoms with Crippen molar-refractivity contribution in [2.75, 3.05) is 5.32 Å². The van der Waals surface area contributed by atoms with Crippen LogP contribution in [0, 0.1) is 0 Å². The molecule has 1 aromatic carbocycles. The molecule has 2 aromatic heterocycles. The van der Waals surface area contributed by atoms with E-state index < -0.39 is 0 Å². The van der Waals surface area contributed by atoms with Crippen molar-refractivity contribution in [1.29, 1.82) is 0 Å². The molecule has 3 aromatic rings. The van der Waals surface area contributed by atoms with Gasteiger partial charge in [0.15, 0.2) is 0 Å². The number of amides is 1. The van der Waals surface area contributed by atoms with Gasteiger partial charge in [-0.05, 0) is 24.6 Å². The number of hydrogen-bond acceptors (Lipinski definition) is 4. The topological polar surface area (TPSA) is 59.3 Å². The normalized spacial score (nSPS) is 11.0. The Balaban J connectivity index is 1.99. The Morgan fingerprint density at radius 1 is 1.41 bits per heavy atom. The molecule has 0 fully saturated rings. The number of hydrogen-bond donors (Lipinski definition) is 1. The van der Waals surface area contributed by atoms with Crippen molar-refractivity contribution in [3.63, 3.8) is 0 Å². The van der Waals surface area contributed by atoms with Gasteiger partial charge in [-0.25, -0.2) is 4.52 Å². The molecule has 0 spiro atoms. The van der Waals surface area contributed by atoms with E-state index in [1.165, 1.54) is 11.3 Å². The standard InChI is InChI=1S/C14H12Cl2N4OS/c1-2-3-12(21)17-13-18-14-20(19-13)11(7-22-14)9-6-8(15)4-5-10(9)16/h4-7H,2-3H2,1H3,(H,17,19,21).